The molecule has 2 amide bonds. The van der Waals surface area contributed by atoms with E-state index in [-0.39, 0.29) is 59.9 Å². The molecule has 2 saturated heterocycles. The summed E-state index contributed by atoms with van der Waals surface area (Å²) >= 11 is 6.78. The summed E-state index contributed by atoms with van der Waals surface area (Å²) in [6.07, 6.45) is 4.22. The van der Waals surface area contributed by atoms with Crippen molar-refractivity contribution in [1.29, 1.82) is 5.26 Å². The molecule has 0 spiro atoms. The van der Waals surface area contributed by atoms with E-state index in [9.17, 15) is 29.9 Å². The van der Waals surface area contributed by atoms with Crippen molar-refractivity contribution in [3.8, 4) is 40.7 Å². The standard InChI is InChI=1S/C55H62ClN11O7/c1-4-50(71)66-25-24-65(32-40(66)16-20-57)52-41-18-23-64(46-11-6-9-38-8-5-10-44(56)51(38)46)33-45(41)59-54(60-52)74-34-37-17-22-63(31-37)21-7-26-73-27-19-49(70)58-30-36-12-14-39(15-13-36)67-53(61-62-55(67)72)43-28-42(35(2)3)47(68)29-48(43)69/h4-6,8-15,28-29,35,37,40,68-69H,1,7,16-19,21-27,30-34H2,2-3H3,(H,58,70)(H,62,72)/t37-,40+/m1/s1. The van der Waals surface area contributed by atoms with Crippen LogP contribution in [0.1, 0.15) is 67.8 Å². The van der Waals surface area contributed by atoms with Crippen molar-refractivity contribution in [2.45, 2.75) is 71.0 Å². The predicted molar refractivity (Wildman–Crippen MR) is 283 cm³/mol. The van der Waals surface area contributed by atoms with E-state index in [1.807, 2.05) is 38.1 Å². The van der Waals surface area contributed by atoms with Crippen LogP contribution < -0.4 is 25.5 Å². The minimum absolute atomic E-state index is 0.0263. The molecule has 18 nitrogen and oxygen atoms in total. The van der Waals surface area contributed by atoms with Gasteiger partial charge in [-0.2, -0.15) is 20.3 Å². The van der Waals surface area contributed by atoms with E-state index in [2.05, 4.69) is 67.1 Å². The van der Waals surface area contributed by atoms with Crippen molar-refractivity contribution >= 4 is 45.7 Å². The summed E-state index contributed by atoms with van der Waals surface area (Å²) in [5.74, 6) is 0.700. The first-order valence-electron chi connectivity index (χ1n) is 25.3. The second kappa shape index (κ2) is 23.2. The lowest BCUT2D eigenvalue weighted by atomic mass is 9.98. The van der Waals surface area contributed by atoms with Gasteiger partial charge in [0, 0.05) is 87.5 Å². The molecule has 386 valence electrons. The third kappa shape index (κ3) is 11.5. The number of aromatic nitrogens is 5. The highest BCUT2D eigenvalue weighted by Crippen LogP contribution is 2.39. The molecule has 74 heavy (non-hydrogen) atoms. The van der Waals surface area contributed by atoms with Crippen LogP contribution in [0, 0.1) is 17.2 Å². The van der Waals surface area contributed by atoms with Crippen LogP contribution in [0.5, 0.6) is 17.5 Å². The average molecular weight is 1020 g/mol. The number of amides is 2. The molecule has 0 bridgehead atoms. The second-order valence-electron chi connectivity index (χ2n) is 19.4. The van der Waals surface area contributed by atoms with Crippen LogP contribution >= 0.6 is 11.6 Å². The van der Waals surface area contributed by atoms with Crippen LogP contribution in [-0.2, 0) is 33.8 Å². The van der Waals surface area contributed by atoms with Crippen LogP contribution in [-0.4, -0.2) is 128 Å². The number of phenols is 2. The highest BCUT2D eigenvalue weighted by molar-refractivity contribution is 6.36. The number of aromatic hydroxyl groups is 2. The number of hydrogen-bond donors (Lipinski definition) is 4. The van der Waals surface area contributed by atoms with Gasteiger partial charge >= 0.3 is 11.7 Å². The first kappa shape index (κ1) is 51.4. The molecule has 2 atom stereocenters. The van der Waals surface area contributed by atoms with E-state index in [1.165, 1.54) is 16.7 Å². The number of piperazine rings is 1. The van der Waals surface area contributed by atoms with Gasteiger partial charge in [-0.15, -0.1) is 0 Å². The van der Waals surface area contributed by atoms with Crippen LogP contribution in [0.15, 0.2) is 90.2 Å². The van der Waals surface area contributed by atoms with Crippen LogP contribution in [0.3, 0.4) is 0 Å². The Bertz CT molecular complexity index is 3110. The first-order valence-corrected chi connectivity index (χ1v) is 25.7. The lowest BCUT2D eigenvalue weighted by molar-refractivity contribution is -0.128. The first-order chi connectivity index (χ1) is 35.9. The highest BCUT2D eigenvalue weighted by atomic mass is 35.5. The monoisotopic (exact) mass is 1020 g/mol. The summed E-state index contributed by atoms with van der Waals surface area (Å²) in [4.78, 5) is 57.0. The maximum absolute atomic E-state index is 12.8. The number of H-pyrrole nitrogens is 1. The molecule has 0 unspecified atom stereocenters. The third-order valence-corrected chi connectivity index (χ3v) is 14.5. The largest absolute Gasteiger partial charge is 0.508 e. The molecule has 9 rings (SSSR count). The van der Waals surface area contributed by atoms with Crippen LogP contribution in [0.4, 0.5) is 11.5 Å². The maximum atomic E-state index is 12.8. The fourth-order valence-electron chi connectivity index (χ4n) is 10.3. The Morgan fingerprint density at radius 2 is 1.81 bits per heavy atom. The smallest absolute Gasteiger partial charge is 0.348 e. The maximum Gasteiger partial charge on any atom is 0.348 e. The zero-order chi connectivity index (χ0) is 51.9. The molecular formula is C55H62ClN11O7. The molecule has 0 saturated carbocycles. The van der Waals surface area contributed by atoms with Gasteiger partial charge in [0.05, 0.1) is 60.3 Å². The Balaban J connectivity index is 0.742. The number of likely N-dealkylation sites (tertiary alicyclic amines) is 1. The number of ether oxygens (including phenoxy) is 2. The van der Waals surface area contributed by atoms with Gasteiger partial charge < -0.3 is 44.6 Å². The summed E-state index contributed by atoms with van der Waals surface area (Å²) < 4.78 is 13.7. The molecule has 2 fully saturated rings. The molecule has 3 aliphatic heterocycles. The van der Waals surface area contributed by atoms with Crippen molar-refractivity contribution in [3.05, 3.63) is 123 Å². The number of phenolic OH excluding ortho intramolecular Hbond substituents is 2. The summed E-state index contributed by atoms with van der Waals surface area (Å²) in [7, 11) is 0. The number of nitriles is 1. The number of carbonyl (C=O) groups excluding carboxylic acids is 2. The normalized spacial score (nSPS) is 16.9. The summed E-state index contributed by atoms with van der Waals surface area (Å²) in [6.45, 7) is 14.5. The fraction of sp³-hybridized carbons (Fsp3) is 0.400. The van der Waals surface area contributed by atoms with Crippen LogP contribution in [0.25, 0.3) is 27.8 Å². The lowest BCUT2D eigenvalue weighted by Gasteiger charge is -2.42. The van der Waals surface area contributed by atoms with Crippen molar-refractivity contribution in [2.24, 2.45) is 5.92 Å². The van der Waals surface area contributed by atoms with Gasteiger partial charge in [0.15, 0.2) is 5.82 Å². The predicted octanol–water partition coefficient (Wildman–Crippen LogP) is 6.85. The number of anilines is 2. The Morgan fingerprint density at radius 1 is 1.00 bits per heavy atom. The molecule has 19 heteroatoms. The lowest BCUT2D eigenvalue weighted by Crippen LogP contribution is -2.55. The van der Waals surface area contributed by atoms with Gasteiger partial charge in [-0.05, 0) is 84.6 Å². The molecule has 6 aromatic rings. The van der Waals surface area contributed by atoms with E-state index in [1.54, 1.807) is 23.1 Å². The number of fused-ring (bicyclic) bond motifs is 2. The van der Waals surface area contributed by atoms with E-state index < -0.39 is 5.69 Å². The van der Waals surface area contributed by atoms with E-state index in [4.69, 9.17) is 31.0 Å². The number of nitrogens with one attached hydrogen (secondary N) is 2. The van der Waals surface area contributed by atoms with E-state index in [0.29, 0.717) is 86.8 Å². The number of carbonyl (C=O) groups is 2. The molecule has 0 aliphatic carbocycles. The summed E-state index contributed by atoms with van der Waals surface area (Å²) in [5.41, 5.74) is 4.77. The molecule has 0 radical (unpaired) electrons. The molecule has 4 aromatic carbocycles. The number of aromatic amines is 1. The Kier molecular flexibility index (Phi) is 16.1. The van der Waals surface area contributed by atoms with Gasteiger partial charge in [-0.3, -0.25) is 9.59 Å². The van der Waals surface area contributed by atoms with Crippen molar-refractivity contribution in [2.75, 3.05) is 75.4 Å². The Hall–Kier alpha value is -7.46. The third-order valence-electron chi connectivity index (χ3n) is 14.2. The van der Waals surface area contributed by atoms with Gasteiger partial charge in [0.2, 0.25) is 11.8 Å². The Morgan fingerprint density at radius 3 is 2.59 bits per heavy atom. The molecule has 4 N–H and O–H groups in total. The number of hydrogen-bond acceptors (Lipinski definition) is 14. The quantitative estimate of drug-likeness (QED) is 0.0482. The Labute approximate surface area is 434 Å². The van der Waals surface area contributed by atoms with E-state index >= 15 is 0 Å². The topological polar surface area (TPSA) is 218 Å². The van der Waals surface area contributed by atoms with Gasteiger partial charge in [-0.1, -0.05) is 68.4 Å². The molecule has 3 aliphatic rings. The van der Waals surface area contributed by atoms with Crippen molar-refractivity contribution < 1.29 is 29.3 Å². The average Bonchev–Trinajstić information content (AvgIpc) is 4.03. The molecule has 2 aromatic heterocycles. The van der Waals surface area contributed by atoms with Gasteiger partial charge in [0.1, 0.15) is 17.3 Å². The molecule has 5 heterocycles. The minimum Gasteiger partial charge on any atom is -0.508 e. The fourth-order valence-corrected chi connectivity index (χ4v) is 10.6. The second-order valence-corrected chi connectivity index (χ2v) is 19.8. The number of benzene rings is 4. The zero-order valence-corrected chi connectivity index (χ0v) is 42.6. The van der Waals surface area contributed by atoms with E-state index in [0.717, 1.165) is 78.1 Å². The molecular weight excluding hydrogens is 962 g/mol. The zero-order valence-electron chi connectivity index (χ0n) is 41.8. The van der Waals surface area contributed by atoms with Crippen LogP contribution in [0.2, 0.25) is 5.02 Å². The van der Waals surface area contributed by atoms with Crippen molar-refractivity contribution in [1.82, 2.24) is 39.8 Å². The van der Waals surface area contributed by atoms with Gasteiger partial charge in [-0.25, -0.2) is 14.5 Å². The number of rotatable bonds is 19. The SMILES string of the molecule is C=CC(=O)N1CCN(c2nc(OC[C@@H]3CCN(CCCOCCC(=O)NCc4ccc(-n5c(-c6cc(C(C)C)c(O)cc6O)n[nH]c5=O)cc4)C3)nc3c2CCN(c2cccc4cccc(Cl)c24)C3)C[C@@H]1CC#N. The summed E-state index contributed by atoms with van der Waals surface area (Å²) in [5, 5.41) is 43.0. The number of nitrogens with zero attached hydrogens (tertiary/aromatic N) is 9. The highest BCUT2D eigenvalue weighted by Gasteiger charge is 2.34. The minimum atomic E-state index is -0.486. The number of halogens is 1. The summed E-state index contributed by atoms with van der Waals surface area (Å²) in [6, 6.07) is 24.5. The van der Waals surface area contributed by atoms with Gasteiger partial charge in [0.25, 0.3) is 0 Å². The van der Waals surface area contributed by atoms with Crippen molar-refractivity contribution in [3.63, 3.8) is 0 Å².